The quantitative estimate of drug-likeness (QED) is 0.221. The van der Waals surface area contributed by atoms with E-state index in [-0.39, 0.29) is 23.3 Å². The Kier molecular flexibility index (Phi) is 7.86. The number of H-pyrrole nitrogens is 1. The molecule has 3 heterocycles. The van der Waals surface area contributed by atoms with Crippen LogP contribution in [0.4, 0.5) is 11.4 Å². The average Bonchev–Trinajstić information content (AvgIpc) is 3.44. The highest BCUT2D eigenvalue weighted by Crippen LogP contribution is 2.54. The fourth-order valence-corrected chi connectivity index (χ4v) is 8.24. The van der Waals surface area contributed by atoms with Crippen LogP contribution in [0.25, 0.3) is 0 Å². The Morgan fingerprint density at radius 1 is 0.976 bits per heavy atom. The van der Waals surface area contributed by atoms with Gasteiger partial charge >= 0.3 is 4.87 Å². The van der Waals surface area contributed by atoms with E-state index in [4.69, 9.17) is 16.3 Å². The van der Waals surface area contributed by atoms with E-state index in [2.05, 4.69) is 42.2 Å². The van der Waals surface area contributed by atoms with Gasteiger partial charge in [-0.05, 0) is 66.7 Å². The standard InChI is InChI=1S/C28H18Br2ClN3O5S2/c29-13-1-8-17(9-2-13)34-26(36)22-21(23-25(33-28(38)41-23)40-24(22)27(34)37)18-11-14(30)3-10-19(18)39-12-20(35)32-16-6-4-15(31)5-7-16/h1-11,21-22,24H,12H2,(H,32,35)(H,33,38)/t21-,22?,24?/m1/s1. The molecule has 0 bridgehead atoms. The summed E-state index contributed by atoms with van der Waals surface area (Å²) in [6, 6.07) is 18.9. The topological polar surface area (TPSA) is 109 Å². The number of aromatic amines is 1. The molecule has 0 radical (unpaired) electrons. The number of carbonyl (C=O) groups is 3. The lowest BCUT2D eigenvalue weighted by molar-refractivity contribution is -0.122. The van der Waals surface area contributed by atoms with Gasteiger partial charge in [-0.2, -0.15) is 0 Å². The smallest absolute Gasteiger partial charge is 0.305 e. The number of thiazole rings is 1. The molecular formula is C28H18Br2ClN3O5S2. The molecule has 0 saturated carbocycles. The second-order valence-electron chi connectivity index (χ2n) is 9.26. The van der Waals surface area contributed by atoms with Crippen LogP contribution in [0.15, 0.2) is 85.5 Å². The summed E-state index contributed by atoms with van der Waals surface area (Å²) in [5, 5.41) is 3.10. The highest BCUT2D eigenvalue weighted by atomic mass is 79.9. The highest BCUT2D eigenvalue weighted by Gasteiger charge is 2.56. The van der Waals surface area contributed by atoms with E-state index in [9.17, 15) is 19.2 Å². The predicted octanol–water partition coefficient (Wildman–Crippen LogP) is 6.43. The van der Waals surface area contributed by atoms with E-state index >= 15 is 0 Å². The summed E-state index contributed by atoms with van der Waals surface area (Å²) < 4.78 is 7.53. The minimum atomic E-state index is -0.797. The first-order valence-corrected chi connectivity index (χ1v) is 15.9. The monoisotopic (exact) mass is 733 g/mol. The molecule has 3 aromatic carbocycles. The number of nitrogens with zero attached hydrogens (tertiary/aromatic N) is 1. The number of ether oxygens (including phenoxy) is 1. The third kappa shape index (κ3) is 5.51. The van der Waals surface area contributed by atoms with Crippen molar-refractivity contribution in [2.45, 2.75) is 16.2 Å². The molecule has 2 unspecified atom stereocenters. The maximum atomic E-state index is 14.0. The molecule has 6 rings (SSSR count). The van der Waals surface area contributed by atoms with Crippen LogP contribution in [0, 0.1) is 5.92 Å². The first-order valence-electron chi connectivity index (χ1n) is 12.2. The lowest BCUT2D eigenvalue weighted by atomic mass is 9.82. The molecule has 2 aliphatic rings. The molecule has 1 fully saturated rings. The lowest BCUT2D eigenvalue weighted by Crippen LogP contribution is -2.32. The number of thioether (sulfide) groups is 1. The van der Waals surface area contributed by atoms with E-state index in [0.717, 1.165) is 15.8 Å². The summed E-state index contributed by atoms with van der Waals surface area (Å²) in [6.45, 7) is -0.305. The SMILES string of the molecule is O=C(COc1ccc(Br)cc1[C@H]1c2sc(=O)[nH]c2SC2C(=O)N(c3ccc(Br)cc3)C(=O)C21)Nc1ccc(Cl)cc1. The number of carbonyl (C=O) groups excluding carboxylic acids is 3. The van der Waals surface area contributed by atoms with Crippen LogP contribution in [-0.2, 0) is 14.4 Å². The number of imide groups is 1. The average molecular weight is 736 g/mol. The summed E-state index contributed by atoms with van der Waals surface area (Å²) in [6.07, 6.45) is 0. The van der Waals surface area contributed by atoms with Crippen molar-refractivity contribution in [2.24, 2.45) is 5.92 Å². The fraction of sp³-hybridized carbons (Fsp3) is 0.143. The zero-order valence-electron chi connectivity index (χ0n) is 20.7. The van der Waals surface area contributed by atoms with Gasteiger partial charge in [0.15, 0.2) is 6.61 Å². The Labute approximate surface area is 263 Å². The van der Waals surface area contributed by atoms with Crippen LogP contribution in [0.1, 0.15) is 16.4 Å². The van der Waals surface area contributed by atoms with E-state index in [1.165, 1.54) is 16.7 Å². The van der Waals surface area contributed by atoms with Crippen LogP contribution >= 0.6 is 66.6 Å². The van der Waals surface area contributed by atoms with Gasteiger partial charge in [-0.25, -0.2) is 4.90 Å². The third-order valence-corrected chi connectivity index (χ3v) is 10.4. The van der Waals surface area contributed by atoms with Crippen LogP contribution in [0.2, 0.25) is 5.02 Å². The Hall–Kier alpha value is -2.90. The number of amides is 3. The molecule has 0 aliphatic carbocycles. The second kappa shape index (κ2) is 11.4. The number of hydrogen-bond acceptors (Lipinski definition) is 7. The van der Waals surface area contributed by atoms with Crippen LogP contribution in [0.5, 0.6) is 5.75 Å². The molecule has 13 heteroatoms. The molecule has 8 nitrogen and oxygen atoms in total. The molecule has 2 N–H and O–H groups in total. The molecule has 2 aliphatic heterocycles. The second-order valence-corrected chi connectivity index (χ2v) is 13.7. The van der Waals surface area contributed by atoms with Crippen molar-refractivity contribution in [3.8, 4) is 5.75 Å². The van der Waals surface area contributed by atoms with Gasteiger partial charge in [0.1, 0.15) is 11.0 Å². The number of benzene rings is 3. The van der Waals surface area contributed by atoms with Crippen molar-refractivity contribution in [3.05, 3.63) is 101 Å². The van der Waals surface area contributed by atoms with E-state index in [1.54, 1.807) is 66.7 Å². The van der Waals surface area contributed by atoms with Gasteiger partial charge in [0.25, 0.3) is 5.91 Å². The fourth-order valence-electron chi connectivity index (χ4n) is 4.96. The maximum Gasteiger partial charge on any atom is 0.305 e. The third-order valence-electron chi connectivity index (χ3n) is 6.70. The van der Waals surface area contributed by atoms with Gasteiger partial charge in [0, 0.05) is 36.0 Å². The number of rotatable bonds is 6. The van der Waals surface area contributed by atoms with E-state index < -0.39 is 23.0 Å². The largest absolute Gasteiger partial charge is 0.483 e. The first kappa shape index (κ1) is 28.2. The van der Waals surface area contributed by atoms with Crippen LogP contribution in [0.3, 0.4) is 0 Å². The molecule has 208 valence electrons. The summed E-state index contributed by atoms with van der Waals surface area (Å²) in [4.78, 5) is 57.2. The lowest BCUT2D eigenvalue weighted by Gasteiger charge is -2.31. The number of hydrogen-bond donors (Lipinski definition) is 2. The molecule has 0 spiro atoms. The normalized spacial score (nSPS) is 19.6. The molecular weight excluding hydrogens is 718 g/mol. The minimum absolute atomic E-state index is 0.281. The highest BCUT2D eigenvalue weighted by molar-refractivity contribution is 9.10. The van der Waals surface area contributed by atoms with Crippen molar-refractivity contribution in [1.82, 2.24) is 4.98 Å². The van der Waals surface area contributed by atoms with Crippen LogP contribution < -0.4 is 19.8 Å². The first-order chi connectivity index (χ1) is 19.7. The Bertz CT molecular complexity index is 1740. The van der Waals surface area contributed by atoms with Gasteiger partial charge in [-0.1, -0.05) is 66.6 Å². The Morgan fingerprint density at radius 2 is 1.68 bits per heavy atom. The van der Waals surface area contributed by atoms with Gasteiger partial charge in [-0.15, -0.1) is 0 Å². The minimum Gasteiger partial charge on any atom is -0.483 e. The zero-order valence-corrected chi connectivity index (χ0v) is 26.3. The van der Waals surface area contributed by atoms with Gasteiger partial charge in [0.05, 0.1) is 16.6 Å². The predicted molar refractivity (Wildman–Crippen MR) is 166 cm³/mol. The molecule has 4 aromatic rings. The Morgan fingerprint density at radius 3 is 2.41 bits per heavy atom. The van der Waals surface area contributed by atoms with Crippen molar-refractivity contribution in [3.63, 3.8) is 0 Å². The van der Waals surface area contributed by atoms with Crippen LogP contribution in [-0.4, -0.2) is 34.6 Å². The summed E-state index contributed by atoms with van der Waals surface area (Å²) in [5.74, 6) is -2.20. The number of nitrogens with one attached hydrogen (secondary N) is 2. The number of anilines is 2. The van der Waals surface area contributed by atoms with Gasteiger partial charge < -0.3 is 15.0 Å². The number of fused-ring (bicyclic) bond motifs is 2. The van der Waals surface area contributed by atoms with Crippen molar-refractivity contribution in [1.29, 1.82) is 0 Å². The number of halogens is 3. The van der Waals surface area contributed by atoms with Crippen molar-refractivity contribution >= 4 is 95.7 Å². The maximum absolute atomic E-state index is 14.0. The molecule has 1 aromatic heterocycles. The molecule has 3 amide bonds. The van der Waals surface area contributed by atoms with Gasteiger partial charge in [0.2, 0.25) is 11.8 Å². The van der Waals surface area contributed by atoms with Crippen molar-refractivity contribution < 1.29 is 19.1 Å². The molecule has 1 saturated heterocycles. The van der Waals surface area contributed by atoms with E-state index in [0.29, 0.717) is 42.1 Å². The van der Waals surface area contributed by atoms with Gasteiger partial charge in [-0.3, -0.25) is 19.2 Å². The summed E-state index contributed by atoms with van der Waals surface area (Å²) in [5.41, 5.74) is 1.62. The number of aromatic nitrogens is 1. The zero-order chi connectivity index (χ0) is 28.8. The van der Waals surface area contributed by atoms with E-state index in [1.807, 2.05) is 0 Å². The van der Waals surface area contributed by atoms with Crippen molar-refractivity contribution in [2.75, 3.05) is 16.8 Å². The summed E-state index contributed by atoms with van der Waals surface area (Å²) >= 11 is 15.0. The summed E-state index contributed by atoms with van der Waals surface area (Å²) in [7, 11) is 0. The molecule has 41 heavy (non-hydrogen) atoms. The molecule has 3 atom stereocenters. The Balaban J connectivity index is 1.36.